The van der Waals surface area contributed by atoms with E-state index >= 15 is 0 Å². The van der Waals surface area contributed by atoms with E-state index in [1.165, 1.54) is 0 Å². The van der Waals surface area contributed by atoms with Gasteiger partial charge in [-0.15, -0.1) is 11.3 Å². The molecule has 2 N–H and O–H groups in total. The predicted octanol–water partition coefficient (Wildman–Crippen LogP) is 2.81. The van der Waals surface area contributed by atoms with Crippen molar-refractivity contribution in [3.05, 3.63) is 29.0 Å². The highest BCUT2D eigenvalue weighted by Crippen LogP contribution is 2.33. The Kier molecular flexibility index (Phi) is 3.35. The third-order valence-corrected chi connectivity index (χ3v) is 4.69. The number of carbonyl (C=O) groups is 1. The summed E-state index contributed by atoms with van der Waals surface area (Å²) in [7, 11) is 0. The van der Waals surface area contributed by atoms with Crippen LogP contribution >= 0.6 is 11.3 Å². The van der Waals surface area contributed by atoms with Crippen LogP contribution in [-0.4, -0.2) is 21.6 Å². The molecule has 0 amide bonds. The molecule has 1 fully saturated rings. The number of aryl methyl sites for hydroxylation is 1. The fraction of sp³-hybridized carbons (Fsp3) is 0.429. The molecule has 2 aromatic rings. The third kappa shape index (κ3) is 2.25. The molecule has 3 rings (SSSR count). The van der Waals surface area contributed by atoms with Crippen LogP contribution < -0.4 is 5.32 Å². The Morgan fingerprint density at radius 3 is 2.95 bits per heavy atom. The lowest BCUT2D eigenvalue weighted by atomic mass is 9.77. The first-order chi connectivity index (χ1) is 9.61. The summed E-state index contributed by atoms with van der Waals surface area (Å²) >= 11 is 1.57. The molecule has 0 unspecified atom stereocenters. The van der Waals surface area contributed by atoms with Gasteiger partial charge in [0.15, 0.2) is 0 Å². The van der Waals surface area contributed by atoms with Crippen molar-refractivity contribution in [3.8, 4) is 10.8 Å². The Morgan fingerprint density at radius 2 is 2.40 bits per heavy atom. The van der Waals surface area contributed by atoms with E-state index in [2.05, 4.69) is 10.3 Å². The first-order valence-electron chi connectivity index (χ1n) is 6.59. The number of carboxylic acid groups (broad SMARTS) is 1. The Morgan fingerprint density at radius 1 is 1.60 bits per heavy atom. The van der Waals surface area contributed by atoms with Crippen LogP contribution in [0, 0.1) is 6.92 Å². The van der Waals surface area contributed by atoms with Gasteiger partial charge in [0.25, 0.3) is 0 Å². The minimum Gasteiger partial charge on any atom is -0.480 e. The average Bonchev–Trinajstić information content (AvgIpc) is 2.97. The maximum absolute atomic E-state index is 11.3. The van der Waals surface area contributed by atoms with Crippen LogP contribution in [0.5, 0.6) is 0 Å². The summed E-state index contributed by atoms with van der Waals surface area (Å²) in [6.45, 7) is 2.28. The van der Waals surface area contributed by atoms with Gasteiger partial charge in [0.1, 0.15) is 11.3 Å². The number of rotatable bonds is 5. The van der Waals surface area contributed by atoms with Gasteiger partial charge in [-0.05, 0) is 37.6 Å². The van der Waals surface area contributed by atoms with Crippen LogP contribution in [0.15, 0.2) is 21.9 Å². The van der Waals surface area contributed by atoms with Gasteiger partial charge in [0, 0.05) is 6.54 Å². The first kappa shape index (κ1) is 13.3. The quantitative estimate of drug-likeness (QED) is 0.886. The number of aromatic nitrogens is 1. The SMILES string of the molecule is Cc1oc(-c2cccs2)nc1CNC1(C(=O)O)CCC1. The van der Waals surface area contributed by atoms with Crippen LogP contribution in [0.4, 0.5) is 0 Å². The molecule has 20 heavy (non-hydrogen) atoms. The minimum atomic E-state index is -0.775. The molecule has 1 aliphatic carbocycles. The highest BCUT2D eigenvalue weighted by Gasteiger charge is 2.44. The molecule has 0 bridgehead atoms. The fourth-order valence-corrected chi connectivity index (χ4v) is 3.00. The fourth-order valence-electron chi connectivity index (χ4n) is 2.35. The third-order valence-electron chi connectivity index (χ3n) is 3.84. The standard InChI is InChI=1S/C14H16N2O3S/c1-9-10(8-15-14(13(17)18)5-3-6-14)16-12(19-9)11-4-2-7-20-11/h2,4,7,15H,3,5-6,8H2,1H3,(H,17,18). The molecule has 0 atom stereocenters. The van der Waals surface area contributed by atoms with Crippen molar-refractivity contribution in [2.45, 2.75) is 38.3 Å². The van der Waals surface area contributed by atoms with Crippen LogP contribution in [0.3, 0.4) is 0 Å². The lowest BCUT2D eigenvalue weighted by Crippen LogP contribution is -2.56. The zero-order valence-corrected chi connectivity index (χ0v) is 12.0. The molecule has 5 nitrogen and oxygen atoms in total. The summed E-state index contributed by atoms with van der Waals surface area (Å²) in [4.78, 5) is 16.7. The molecule has 0 radical (unpaired) electrons. The molecule has 2 heterocycles. The van der Waals surface area contributed by atoms with E-state index < -0.39 is 11.5 Å². The second-order valence-electron chi connectivity index (χ2n) is 5.09. The second kappa shape index (κ2) is 5.03. The van der Waals surface area contributed by atoms with Gasteiger partial charge in [0.2, 0.25) is 5.89 Å². The molecule has 0 saturated heterocycles. The monoisotopic (exact) mass is 292 g/mol. The van der Waals surface area contributed by atoms with Crippen LogP contribution in [0.25, 0.3) is 10.8 Å². The van der Waals surface area contributed by atoms with Crippen molar-refractivity contribution in [1.29, 1.82) is 0 Å². The highest BCUT2D eigenvalue weighted by molar-refractivity contribution is 7.13. The number of thiophene rings is 1. The van der Waals surface area contributed by atoms with Gasteiger partial charge < -0.3 is 9.52 Å². The molecular weight excluding hydrogens is 276 g/mol. The predicted molar refractivity (Wildman–Crippen MR) is 75.6 cm³/mol. The molecule has 0 aliphatic heterocycles. The van der Waals surface area contributed by atoms with Crippen molar-refractivity contribution in [2.75, 3.05) is 0 Å². The summed E-state index contributed by atoms with van der Waals surface area (Å²) in [5.74, 6) is 0.566. The lowest BCUT2D eigenvalue weighted by Gasteiger charge is -2.38. The van der Waals surface area contributed by atoms with E-state index in [0.29, 0.717) is 25.3 Å². The van der Waals surface area contributed by atoms with Gasteiger partial charge in [-0.2, -0.15) is 0 Å². The molecule has 6 heteroatoms. The highest BCUT2D eigenvalue weighted by atomic mass is 32.1. The topological polar surface area (TPSA) is 75.4 Å². The van der Waals surface area contributed by atoms with Crippen LogP contribution in [0.1, 0.15) is 30.7 Å². The van der Waals surface area contributed by atoms with Crippen molar-refractivity contribution in [2.24, 2.45) is 0 Å². The van der Waals surface area contributed by atoms with Crippen molar-refractivity contribution in [1.82, 2.24) is 10.3 Å². The van der Waals surface area contributed by atoms with Gasteiger partial charge in [0.05, 0.1) is 10.6 Å². The smallest absolute Gasteiger partial charge is 0.323 e. The number of oxazole rings is 1. The second-order valence-corrected chi connectivity index (χ2v) is 6.04. The zero-order valence-electron chi connectivity index (χ0n) is 11.2. The van der Waals surface area contributed by atoms with E-state index in [1.54, 1.807) is 11.3 Å². The normalized spacial score (nSPS) is 16.9. The Hall–Kier alpha value is -1.66. The molecular formula is C14H16N2O3S. The number of hydrogen-bond donors (Lipinski definition) is 2. The summed E-state index contributed by atoms with van der Waals surface area (Å²) in [6, 6.07) is 3.91. The van der Waals surface area contributed by atoms with E-state index in [4.69, 9.17) is 4.42 Å². The van der Waals surface area contributed by atoms with E-state index in [9.17, 15) is 9.90 Å². The van der Waals surface area contributed by atoms with E-state index in [1.807, 2.05) is 24.4 Å². The van der Waals surface area contributed by atoms with Crippen molar-refractivity contribution >= 4 is 17.3 Å². The largest absolute Gasteiger partial charge is 0.480 e. The van der Waals surface area contributed by atoms with E-state index in [0.717, 1.165) is 22.8 Å². The number of aliphatic carboxylic acids is 1. The number of carboxylic acids is 1. The number of hydrogen-bond acceptors (Lipinski definition) is 5. The molecule has 0 spiro atoms. The van der Waals surface area contributed by atoms with Crippen LogP contribution in [0.2, 0.25) is 0 Å². The molecule has 2 aromatic heterocycles. The summed E-state index contributed by atoms with van der Waals surface area (Å²) in [5, 5.41) is 14.4. The molecule has 0 aromatic carbocycles. The molecule has 106 valence electrons. The maximum atomic E-state index is 11.3. The summed E-state index contributed by atoms with van der Waals surface area (Å²) in [5.41, 5.74) is 0.00927. The summed E-state index contributed by atoms with van der Waals surface area (Å²) < 4.78 is 5.65. The lowest BCUT2D eigenvalue weighted by molar-refractivity contribution is -0.148. The van der Waals surface area contributed by atoms with Crippen LogP contribution in [-0.2, 0) is 11.3 Å². The van der Waals surface area contributed by atoms with Crippen molar-refractivity contribution in [3.63, 3.8) is 0 Å². The van der Waals surface area contributed by atoms with Gasteiger partial charge >= 0.3 is 5.97 Å². The number of nitrogens with zero attached hydrogens (tertiary/aromatic N) is 1. The first-order valence-corrected chi connectivity index (χ1v) is 7.47. The average molecular weight is 292 g/mol. The zero-order chi connectivity index (χ0) is 14.2. The Balaban J connectivity index is 1.74. The van der Waals surface area contributed by atoms with Gasteiger partial charge in [-0.3, -0.25) is 10.1 Å². The van der Waals surface area contributed by atoms with Gasteiger partial charge in [-0.1, -0.05) is 6.07 Å². The molecule has 1 saturated carbocycles. The van der Waals surface area contributed by atoms with E-state index in [-0.39, 0.29) is 0 Å². The molecule has 1 aliphatic rings. The maximum Gasteiger partial charge on any atom is 0.323 e. The Bertz CT molecular complexity index is 614. The Labute approximate surface area is 120 Å². The number of nitrogens with one attached hydrogen (secondary N) is 1. The minimum absolute atomic E-state index is 0.424. The summed E-state index contributed by atoms with van der Waals surface area (Å²) in [6.07, 6.45) is 2.31. The van der Waals surface area contributed by atoms with Gasteiger partial charge in [-0.25, -0.2) is 4.98 Å². The van der Waals surface area contributed by atoms with Crippen molar-refractivity contribution < 1.29 is 14.3 Å².